The standard InChI is InChI=1S/C51H40N2Si/c1-51(2)45-28-13-16-31-49(45)53(50-32-17-14-29-46(50)51)38-33-34-48-44(36-38)43-27-12-15-30-47(43)52(48)37-19-18-26-42(35-37)54(39-20-6-3-7-21-39,40-22-8-4-9-23-40)41-24-10-5-11-25-41/h3-36H,1-2H3/i12D,15D,27D,30D,33D,34D,36D. The van der Waals surface area contributed by atoms with Crippen molar-refractivity contribution in [2.24, 2.45) is 0 Å². The van der Waals surface area contributed by atoms with Crippen molar-refractivity contribution in [1.29, 1.82) is 0 Å². The first-order valence-electron chi connectivity index (χ1n) is 21.8. The molecule has 8 aromatic carbocycles. The highest BCUT2D eigenvalue weighted by Crippen LogP contribution is 2.52. The first kappa shape index (κ1) is 25.5. The summed E-state index contributed by atoms with van der Waals surface area (Å²) in [5, 5.41) is 4.84. The molecule has 0 spiro atoms. The molecule has 1 aromatic heterocycles. The molecular formula is C51H40N2Si. The monoisotopic (exact) mass is 715 g/mol. The molecule has 0 radical (unpaired) electrons. The molecule has 0 saturated carbocycles. The number of nitrogens with zero attached hydrogens (tertiary/aromatic N) is 2. The van der Waals surface area contributed by atoms with Crippen LogP contribution in [-0.2, 0) is 5.41 Å². The van der Waals surface area contributed by atoms with Crippen molar-refractivity contribution in [2.45, 2.75) is 19.3 Å². The Morgan fingerprint density at radius 2 is 0.963 bits per heavy atom. The third kappa shape index (κ3) is 4.78. The molecule has 0 unspecified atom stereocenters. The van der Waals surface area contributed by atoms with Gasteiger partial charge in [0.1, 0.15) is 0 Å². The Balaban J connectivity index is 1.33. The van der Waals surface area contributed by atoms with Gasteiger partial charge in [-0.2, -0.15) is 0 Å². The number of rotatable bonds is 6. The fourth-order valence-electron chi connectivity index (χ4n) is 8.73. The van der Waals surface area contributed by atoms with Gasteiger partial charge in [0.25, 0.3) is 0 Å². The first-order valence-corrected chi connectivity index (χ1v) is 20.3. The van der Waals surface area contributed by atoms with Gasteiger partial charge in [0, 0.05) is 27.6 Å². The molecule has 0 aliphatic carbocycles. The zero-order valence-corrected chi connectivity index (χ0v) is 31.0. The fraction of sp³-hybridized carbons (Fsp3) is 0.0588. The molecule has 0 fully saturated rings. The average molecular weight is 716 g/mol. The lowest BCUT2D eigenvalue weighted by molar-refractivity contribution is 0.632. The Bertz CT molecular complexity index is 3060. The maximum atomic E-state index is 10.1. The Hall–Kier alpha value is -6.42. The maximum absolute atomic E-state index is 10.1. The Morgan fingerprint density at radius 3 is 1.56 bits per heavy atom. The molecule has 2 nitrogen and oxygen atoms in total. The Morgan fingerprint density at radius 1 is 0.463 bits per heavy atom. The van der Waals surface area contributed by atoms with Crippen molar-refractivity contribution in [1.82, 2.24) is 4.57 Å². The lowest BCUT2D eigenvalue weighted by Gasteiger charge is -2.42. The van der Waals surface area contributed by atoms with Gasteiger partial charge in [-0.25, -0.2) is 0 Å². The van der Waals surface area contributed by atoms with Crippen LogP contribution in [0.5, 0.6) is 0 Å². The number of hydrogen-bond donors (Lipinski definition) is 0. The van der Waals surface area contributed by atoms with E-state index in [4.69, 9.17) is 2.74 Å². The number of aromatic nitrogens is 1. The van der Waals surface area contributed by atoms with Gasteiger partial charge < -0.3 is 9.47 Å². The van der Waals surface area contributed by atoms with E-state index in [9.17, 15) is 6.85 Å². The second kappa shape index (κ2) is 12.6. The minimum absolute atomic E-state index is 0.0909. The summed E-state index contributed by atoms with van der Waals surface area (Å²) in [6.45, 7) is 4.32. The molecule has 0 amide bonds. The summed E-state index contributed by atoms with van der Waals surface area (Å²) in [5.74, 6) is 0. The van der Waals surface area contributed by atoms with E-state index >= 15 is 0 Å². The smallest absolute Gasteiger partial charge is 0.179 e. The van der Waals surface area contributed by atoms with E-state index in [1.807, 2.05) is 71.6 Å². The van der Waals surface area contributed by atoms with Gasteiger partial charge in [-0.1, -0.05) is 172 Å². The average Bonchev–Trinajstić information content (AvgIpc) is 3.67. The molecule has 3 heteroatoms. The highest BCUT2D eigenvalue weighted by Gasteiger charge is 2.41. The zero-order chi connectivity index (χ0) is 42.4. The van der Waals surface area contributed by atoms with Gasteiger partial charge >= 0.3 is 0 Å². The Kier molecular flexibility index (Phi) is 5.97. The summed E-state index contributed by atoms with van der Waals surface area (Å²) >= 11 is 0. The van der Waals surface area contributed by atoms with Crippen LogP contribution in [0.4, 0.5) is 17.1 Å². The van der Waals surface area contributed by atoms with Crippen molar-refractivity contribution in [3.8, 4) is 5.69 Å². The molecule has 54 heavy (non-hydrogen) atoms. The predicted molar refractivity (Wildman–Crippen MR) is 231 cm³/mol. The van der Waals surface area contributed by atoms with Gasteiger partial charge in [-0.05, 0) is 80.3 Å². The summed E-state index contributed by atoms with van der Waals surface area (Å²) in [5.41, 5.74) is 4.26. The number of para-hydroxylation sites is 3. The summed E-state index contributed by atoms with van der Waals surface area (Å²) in [4.78, 5) is 1.90. The zero-order valence-electron chi connectivity index (χ0n) is 37.0. The van der Waals surface area contributed by atoms with Crippen LogP contribution in [0.3, 0.4) is 0 Å². The van der Waals surface area contributed by atoms with Crippen molar-refractivity contribution in [3.05, 3.63) is 217 Å². The second-order valence-electron chi connectivity index (χ2n) is 14.4. The van der Waals surface area contributed by atoms with Crippen molar-refractivity contribution < 1.29 is 9.60 Å². The minimum atomic E-state index is -3.06. The van der Waals surface area contributed by atoms with Crippen LogP contribution in [0, 0.1) is 0 Å². The number of benzene rings is 8. The van der Waals surface area contributed by atoms with Gasteiger partial charge in [0.05, 0.1) is 32.0 Å². The number of anilines is 3. The molecule has 1 aliphatic heterocycles. The molecule has 0 atom stereocenters. The van der Waals surface area contributed by atoms with E-state index in [-0.39, 0.29) is 57.7 Å². The molecule has 1 aliphatic rings. The summed E-state index contributed by atoms with van der Waals surface area (Å²) in [6, 6.07) is 53.6. The predicted octanol–water partition coefficient (Wildman–Crippen LogP) is 10.3. The van der Waals surface area contributed by atoms with E-state index in [2.05, 4.69) is 111 Å². The highest BCUT2D eigenvalue weighted by molar-refractivity contribution is 7.19. The van der Waals surface area contributed by atoms with Crippen LogP contribution in [0.15, 0.2) is 206 Å². The van der Waals surface area contributed by atoms with Crippen LogP contribution in [0.25, 0.3) is 27.5 Å². The second-order valence-corrected chi connectivity index (χ2v) is 18.2. The van der Waals surface area contributed by atoms with Crippen LogP contribution < -0.4 is 25.6 Å². The van der Waals surface area contributed by atoms with E-state index in [1.165, 1.54) is 0 Å². The van der Waals surface area contributed by atoms with Crippen LogP contribution >= 0.6 is 0 Å². The summed E-state index contributed by atoms with van der Waals surface area (Å²) < 4.78 is 68.1. The first-order chi connectivity index (χ1) is 29.5. The normalized spacial score (nSPS) is 15.3. The summed E-state index contributed by atoms with van der Waals surface area (Å²) in [6.07, 6.45) is 0. The van der Waals surface area contributed by atoms with Gasteiger partial charge in [0.2, 0.25) is 0 Å². The van der Waals surface area contributed by atoms with Crippen LogP contribution in [-0.4, -0.2) is 12.6 Å². The van der Waals surface area contributed by atoms with E-state index < -0.39 is 25.6 Å². The molecule has 10 rings (SSSR count). The fourth-order valence-corrected chi connectivity index (χ4v) is 13.5. The third-order valence-corrected chi connectivity index (χ3v) is 15.9. The van der Waals surface area contributed by atoms with Gasteiger partial charge in [-0.3, -0.25) is 0 Å². The molecule has 9 aromatic rings. The molecule has 0 N–H and O–H groups in total. The molecular weight excluding hydrogens is 669 g/mol. The SMILES string of the molecule is [2H]c1c([2H])c([2H])c2c(c1[2H])c1c([2H])c(N3c4ccccc4C(C)(C)c4ccccc43)c([2H])c([2H])c1n2-c1cccc([Si](c2ccccc2)(c2ccccc2)c2ccccc2)c1. The van der Waals surface area contributed by atoms with Crippen molar-refractivity contribution in [2.75, 3.05) is 4.90 Å². The van der Waals surface area contributed by atoms with Gasteiger partial charge in [-0.15, -0.1) is 0 Å². The molecule has 0 bridgehead atoms. The lowest BCUT2D eigenvalue weighted by Crippen LogP contribution is -2.74. The van der Waals surface area contributed by atoms with E-state index in [1.54, 1.807) is 4.57 Å². The van der Waals surface area contributed by atoms with Crippen LogP contribution in [0.2, 0.25) is 0 Å². The minimum Gasteiger partial charge on any atom is -0.310 e. The molecule has 0 saturated heterocycles. The highest BCUT2D eigenvalue weighted by atomic mass is 28.3. The Labute approximate surface area is 328 Å². The van der Waals surface area contributed by atoms with Gasteiger partial charge in [0.15, 0.2) is 8.07 Å². The largest absolute Gasteiger partial charge is 0.310 e. The quantitative estimate of drug-likeness (QED) is 0.123. The molecule has 258 valence electrons. The number of fused-ring (bicyclic) bond motifs is 5. The third-order valence-electron chi connectivity index (χ3n) is 11.2. The number of hydrogen-bond acceptors (Lipinski definition) is 1. The molecule has 2 heterocycles. The maximum Gasteiger partial charge on any atom is 0.179 e. The van der Waals surface area contributed by atoms with Crippen LogP contribution in [0.1, 0.15) is 34.6 Å². The summed E-state index contributed by atoms with van der Waals surface area (Å²) in [7, 11) is -3.06. The van der Waals surface area contributed by atoms with E-state index in [0.29, 0.717) is 5.69 Å². The van der Waals surface area contributed by atoms with E-state index in [0.717, 1.165) is 43.2 Å². The van der Waals surface area contributed by atoms with Crippen molar-refractivity contribution >= 4 is 67.7 Å². The van der Waals surface area contributed by atoms with Crippen molar-refractivity contribution in [3.63, 3.8) is 0 Å². The lowest BCUT2D eigenvalue weighted by atomic mass is 9.73. The topological polar surface area (TPSA) is 8.17 Å².